The smallest absolute Gasteiger partial charge is 0.410 e. The molecule has 0 aliphatic heterocycles. The van der Waals surface area contributed by atoms with Crippen LogP contribution in [-0.2, 0) is 11.2 Å². The molecule has 1 amide bonds. The minimum atomic E-state index is -0.489. The number of rotatable bonds is 5. The van der Waals surface area contributed by atoms with Crippen molar-refractivity contribution >= 4 is 17.7 Å². The second-order valence-corrected chi connectivity index (χ2v) is 6.03. The number of nitrogens with zero attached hydrogens (tertiary/aromatic N) is 1. The summed E-state index contributed by atoms with van der Waals surface area (Å²) in [4.78, 5) is 13.7. The molecule has 20 heavy (non-hydrogen) atoms. The summed E-state index contributed by atoms with van der Waals surface area (Å²) in [5, 5.41) is 0.712. The molecule has 0 heterocycles. The van der Waals surface area contributed by atoms with Crippen molar-refractivity contribution in [1.29, 1.82) is 0 Å². The second kappa shape index (κ2) is 7.34. The monoisotopic (exact) mass is 295 g/mol. The van der Waals surface area contributed by atoms with Crippen molar-refractivity contribution in [2.24, 2.45) is 0 Å². The van der Waals surface area contributed by atoms with Crippen molar-refractivity contribution in [3.8, 4) is 0 Å². The van der Waals surface area contributed by atoms with Gasteiger partial charge in [-0.15, -0.1) is 6.58 Å². The van der Waals surface area contributed by atoms with Gasteiger partial charge >= 0.3 is 6.09 Å². The minimum Gasteiger partial charge on any atom is -0.444 e. The van der Waals surface area contributed by atoms with Gasteiger partial charge in [-0.1, -0.05) is 29.8 Å². The Kier molecular flexibility index (Phi) is 6.08. The maximum atomic E-state index is 12.1. The van der Waals surface area contributed by atoms with Crippen molar-refractivity contribution in [3.05, 3.63) is 47.5 Å². The van der Waals surface area contributed by atoms with Crippen LogP contribution in [0.3, 0.4) is 0 Å². The Hall–Kier alpha value is -1.48. The molecule has 0 fully saturated rings. The van der Waals surface area contributed by atoms with Crippen LogP contribution in [0, 0.1) is 0 Å². The van der Waals surface area contributed by atoms with Crippen molar-refractivity contribution in [1.82, 2.24) is 4.90 Å². The summed E-state index contributed by atoms with van der Waals surface area (Å²) in [6.07, 6.45) is 2.14. The number of halogens is 1. The lowest BCUT2D eigenvalue weighted by Crippen LogP contribution is -2.38. The summed E-state index contributed by atoms with van der Waals surface area (Å²) < 4.78 is 5.38. The molecule has 0 N–H and O–H groups in total. The molecule has 0 atom stereocenters. The van der Waals surface area contributed by atoms with E-state index in [-0.39, 0.29) is 6.09 Å². The van der Waals surface area contributed by atoms with Crippen LogP contribution in [0.1, 0.15) is 26.3 Å². The maximum Gasteiger partial charge on any atom is 0.410 e. The highest BCUT2D eigenvalue weighted by Crippen LogP contribution is 2.13. The van der Waals surface area contributed by atoms with Gasteiger partial charge in [0, 0.05) is 18.1 Å². The summed E-state index contributed by atoms with van der Waals surface area (Å²) in [7, 11) is 0. The molecule has 0 bridgehead atoms. The van der Waals surface area contributed by atoms with Gasteiger partial charge in [0.2, 0.25) is 0 Å². The van der Waals surface area contributed by atoms with E-state index in [1.54, 1.807) is 11.0 Å². The van der Waals surface area contributed by atoms with E-state index in [4.69, 9.17) is 16.3 Å². The number of ether oxygens (including phenoxy) is 1. The molecule has 0 aliphatic carbocycles. The number of benzene rings is 1. The van der Waals surface area contributed by atoms with E-state index in [2.05, 4.69) is 6.58 Å². The molecule has 1 rings (SSSR count). The molecule has 0 aliphatic rings. The van der Waals surface area contributed by atoms with Crippen LogP contribution in [0.25, 0.3) is 0 Å². The number of carbonyl (C=O) groups is 1. The summed E-state index contributed by atoms with van der Waals surface area (Å²) in [5.74, 6) is 0. The van der Waals surface area contributed by atoms with E-state index >= 15 is 0 Å². The molecule has 110 valence electrons. The van der Waals surface area contributed by atoms with E-state index in [0.717, 1.165) is 12.0 Å². The highest BCUT2D eigenvalue weighted by atomic mass is 35.5. The van der Waals surface area contributed by atoms with E-state index in [0.29, 0.717) is 18.1 Å². The fourth-order valence-corrected chi connectivity index (χ4v) is 1.78. The van der Waals surface area contributed by atoms with Gasteiger partial charge < -0.3 is 9.64 Å². The lowest BCUT2D eigenvalue weighted by molar-refractivity contribution is 0.0274. The Morgan fingerprint density at radius 2 is 1.95 bits per heavy atom. The molecule has 0 unspecified atom stereocenters. The summed E-state index contributed by atoms with van der Waals surface area (Å²) in [6, 6.07) is 7.62. The number of carbonyl (C=O) groups excluding carboxylic acids is 1. The minimum absolute atomic E-state index is 0.314. The molecule has 0 saturated carbocycles. The van der Waals surface area contributed by atoms with Crippen LogP contribution in [0.2, 0.25) is 5.02 Å². The SMILES string of the molecule is C=CCN(CCc1ccc(Cl)cc1)C(=O)OC(C)(C)C. The standard InChI is InChI=1S/C16H22ClNO2/c1-5-11-18(15(19)20-16(2,3)4)12-10-13-6-8-14(17)9-7-13/h5-9H,1,10-12H2,2-4H3. The third kappa shape index (κ3) is 6.11. The summed E-state index contributed by atoms with van der Waals surface area (Å²) >= 11 is 5.85. The lowest BCUT2D eigenvalue weighted by atomic mass is 10.1. The van der Waals surface area contributed by atoms with Crippen molar-refractivity contribution in [2.45, 2.75) is 32.8 Å². The molecular formula is C16H22ClNO2. The third-order valence-corrected chi connectivity index (χ3v) is 2.84. The summed E-state index contributed by atoms with van der Waals surface area (Å²) in [5.41, 5.74) is 0.642. The Morgan fingerprint density at radius 1 is 1.35 bits per heavy atom. The average Bonchev–Trinajstić information content (AvgIpc) is 2.34. The van der Waals surface area contributed by atoms with Gasteiger partial charge in [0.25, 0.3) is 0 Å². The Bertz CT molecular complexity index is 449. The molecular weight excluding hydrogens is 274 g/mol. The maximum absolute atomic E-state index is 12.1. The predicted octanol–water partition coefficient (Wildman–Crippen LogP) is 4.31. The molecule has 3 nitrogen and oxygen atoms in total. The lowest BCUT2D eigenvalue weighted by Gasteiger charge is -2.26. The van der Waals surface area contributed by atoms with Crippen LogP contribution in [0.4, 0.5) is 4.79 Å². The molecule has 1 aromatic rings. The van der Waals surface area contributed by atoms with Gasteiger partial charge in [0.15, 0.2) is 0 Å². The largest absolute Gasteiger partial charge is 0.444 e. The molecule has 1 aromatic carbocycles. The van der Waals surface area contributed by atoms with E-state index in [1.165, 1.54) is 0 Å². The first-order chi connectivity index (χ1) is 9.31. The molecule has 0 saturated heterocycles. The van der Waals surface area contributed by atoms with Crippen molar-refractivity contribution in [3.63, 3.8) is 0 Å². The zero-order valence-corrected chi connectivity index (χ0v) is 13.1. The van der Waals surface area contributed by atoms with Gasteiger partial charge in [0.1, 0.15) is 5.60 Å². The predicted molar refractivity (Wildman–Crippen MR) is 83.2 cm³/mol. The quantitative estimate of drug-likeness (QED) is 0.758. The first-order valence-corrected chi connectivity index (χ1v) is 7.03. The Labute approximate surface area is 126 Å². The molecule has 4 heteroatoms. The fraction of sp³-hybridized carbons (Fsp3) is 0.438. The third-order valence-electron chi connectivity index (χ3n) is 2.58. The van der Waals surface area contributed by atoms with Crippen LogP contribution in [0.15, 0.2) is 36.9 Å². The van der Waals surface area contributed by atoms with Crippen molar-refractivity contribution in [2.75, 3.05) is 13.1 Å². The van der Waals surface area contributed by atoms with Gasteiger partial charge in [-0.25, -0.2) is 4.79 Å². The van der Waals surface area contributed by atoms with Gasteiger partial charge in [-0.3, -0.25) is 0 Å². The fourth-order valence-electron chi connectivity index (χ4n) is 1.65. The van der Waals surface area contributed by atoms with Crippen LogP contribution in [0.5, 0.6) is 0 Å². The van der Waals surface area contributed by atoms with Gasteiger partial charge in [-0.2, -0.15) is 0 Å². The molecule has 0 spiro atoms. The van der Waals surface area contributed by atoms with Gasteiger partial charge in [0.05, 0.1) is 0 Å². The Balaban J connectivity index is 2.60. The van der Waals surface area contributed by atoms with Crippen molar-refractivity contribution < 1.29 is 9.53 Å². The van der Waals surface area contributed by atoms with E-state index in [9.17, 15) is 4.79 Å². The molecule has 0 radical (unpaired) electrons. The number of hydrogen-bond donors (Lipinski definition) is 0. The van der Waals surface area contributed by atoms with Crippen LogP contribution < -0.4 is 0 Å². The second-order valence-electron chi connectivity index (χ2n) is 5.59. The van der Waals surface area contributed by atoms with E-state index in [1.807, 2.05) is 45.0 Å². The number of hydrogen-bond acceptors (Lipinski definition) is 2. The van der Waals surface area contributed by atoms with E-state index < -0.39 is 5.60 Å². The normalized spacial score (nSPS) is 11.0. The van der Waals surface area contributed by atoms with Crippen LogP contribution >= 0.6 is 11.6 Å². The average molecular weight is 296 g/mol. The first-order valence-electron chi connectivity index (χ1n) is 6.65. The zero-order chi connectivity index (χ0) is 15.2. The summed E-state index contributed by atoms with van der Waals surface area (Å²) in [6.45, 7) is 10.3. The topological polar surface area (TPSA) is 29.5 Å². The molecule has 0 aromatic heterocycles. The van der Waals surface area contributed by atoms with Crippen LogP contribution in [-0.4, -0.2) is 29.7 Å². The highest BCUT2D eigenvalue weighted by molar-refractivity contribution is 6.30. The number of amides is 1. The Morgan fingerprint density at radius 3 is 2.45 bits per heavy atom. The first kappa shape index (κ1) is 16.6. The zero-order valence-electron chi connectivity index (χ0n) is 12.4. The highest BCUT2D eigenvalue weighted by Gasteiger charge is 2.21. The van der Waals surface area contributed by atoms with Gasteiger partial charge in [-0.05, 0) is 44.9 Å².